The molecule has 0 fully saturated rings. The first kappa shape index (κ1) is 21.6. The van der Waals surface area contributed by atoms with E-state index in [9.17, 15) is 9.59 Å². The van der Waals surface area contributed by atoms with E-state index in [1.165, 1.54) is 26.2 Å². The molecule has 2 atom stereocenters. The fourth-order valence-electron chi connectivity index (χ4n) is 2.76. The van der Waals surface area contributed by atoms with Crippen LogP contribution in [0.4, 0.5) is 5.69 Å². The second-order valence-corrected chi connectivity index (χ2v) is 6.79. The highest BCUT2D eigenvalue weighted by Gasteiger charge is 2.24. The standard InChI is InChI=1S/C21H25ClN2O4/c1-4-8-18(14-9-6-5-7-10-14)24-20(25)13(2)28-21(26)15-11-16(22)17(23)12-19(15)27-3/h5-7,9-13,18H,4,8,23H2,1-3H3,(H,24,25). The first-order chi connectivity index (χ1) is 13.4. The number of carbonyl (C=O) groups excluding carboxylic acids is 2. The van der Waals surface area contributed by atoms with Crippen molar-refractivity contribution < 1.29 is 19.1 Å². The lowest BCUT2D eigenvalue weighted by Gasteiger charge is -2.21. The number of ether oxygens (including phenoxy) is 2. The maximum atomic E-state index is 12.6. The Kier molecular flexibility index (Phi) is 7.70. The van der Waals surface area contributed by atoms with Crippen molar-refractivity contribution >= 4 is 29.2 Å². The van der Waals surface area contributed by atoms with Crippen molar-refractivity contribution in [2.24, 2.45) is 0 Å². The number of hydrogen-bond acceptors (Lipinski definition) is 5. The summed E-state index contributed by atoms with van der Waals surface area (Å²) in [6, 6.07) is 12.3. The molecule has 6 nitrogen and oxygen atoms in total. The fraction of sp³-hybridized carbons (Fsp3) is 0.333. The third-order valence-corrected chi connectivity index (χ3v) is 4.61. The molecular weight excluding hydrogens is 380 g/mol. The van der Waals surface area contributed by atoms with E-state index in [1.807, 2.05) is 37.3 Å². The zero-order valence-electron chi connectivity index (χ0n) is 16.2. The van der Waals surface area contributed by atoms with Crippen LogP contribution in [0.25, 0.3) is 0 Å². The molecule has 3 N–H and O–H groups in total. The number of nitrogens with one attached hydrogen (secondary N) is 1. The van der Waals surface area contributed by atoms with Crippen molar-refractivity contribution in [3.05, 3.63) is 58.6 Å². The summed E-state index contributed by atoms with van der Waals surface area (Å²) in [6.45, 7) is 3.56. The molecule has 2 rings (SSSR count). The van der Waals surface area contributed by atoms with Crippen LogP contribution in [0, 0.1) is 0 Å². The molecule has 150 valence electrons. The molecule has 0 spiro atoms. The van der Waals surface area contributed by atoms with Gasteiger partial charge in [0.2, 0.25) is 0 Å². The highest BCUT2D eigenvalue weighted by molar-refractivity contribution is 6.33. The van der Waals surface area contributed by atoms with Gasteiger partial charge in [-0.1, -0.05) is 55.3 Å². The molecule has 2 aromatic rings. The van der Waals surface area contributed by atoms with Crippen molar-refractivity contribution in [2.45, 2.75) is 38.8 Å². The first-order valence-electron chi connectivity index (χ1n) is 9.06. The monoisotopic (exact) mass is 404 g/mol. The van der Waals surface area contributed by atoms with E-state index >= 15 is 0 Å². The van der Waals surface area contributed by atoms with Gasteiger partial charge in [0, 0.05) is 6.07 Å². The second kappa shape index (κ2) is 9.99. The van der Waals surface area contributed by atoms with Crippen molar-refractivity contribution in [3.8, 4) is 5.75 Å². The zero-order chi connectivity index (χ0) is 20.7. The third kappa shape index (κ3) is 5.39. The predicted molar refractivity (Wildman–Crippen MR) is 110 cm³/mol. The number of esters is 1. The molecule has 7 heteroatoms. The number of hydrogen-bond donors (Lipinski definition) is 2. The van der Waals surface area contributed by atoms with Crippen LogP contribution in [0.3, 0.4) is 0 Å². The number of rotatable bonds is 8. The Balaban J connectivity index is 2.09. The molecule has 2 unspecified atom stereocenters. The highest BCUT2D eigenvalue weighted by Crippen LogP contribution is 2.29. The lowest BCUT2D eigenvalue weighted by molar-refractivity contribution is -0.129. The largest absolute Gasteiger partial charge is 0.496 e. The van der Waals surface area contributed by atoms with Gasteiger partial charge in [0.05, 0.1) is 23.9 Å². The Hall–Kier alpha value is -2.73. The minimum absolute atomic E-state index is 0.106. The van der Waals surface area contributed by atoms with Crippen molar-refractivity contribution in [1.82, 2.24) is 5.32 Å². The van der Waals surface area contributed by atoms with Crippen LogP contribution in [-0.4, -0.2) is 25.1 Å². The van der Waals surface area contributed by atoms with E-state index in [-0.39, 0.29) is 34.0 Å². The summed E-state index contributed by atoms with van der Waals surface area (Å²) in [7, 11) is 1.41. The maximum Gasteiger partial charge on any atom is 0.342 e. The molecule has 0 aliphatic rings. The average Bonchev–Trinajstić information content (AvgIpc) is 2.69. The van der Waals surface area contributed by atoms with E-state index in [1.54, 1.807) is 0 Å². The van der Waals surface area contributed by atoms with Crippen LogP contribution in [0.1, 0.15) is 48.7 Å². The van der Waals surface area contributed by atoms with Crippen LogP contribution in [0.5, 0.6) is 5.75 Å². The van der Waals surface area contributed by atoms with Crippen molar-refractivity contribution in [2.75, 3.05) is 12.8 Å². The van der Waals surface area contributed by atoms with Gasteiger partial charge in [-0.25, -0.2) is 4.79 Å². The summed E-state index contributed by atoms with van der Waals surface area (Å²) in [4.78, 5) is 25.1. The average molecular weight is 405 g/mol. The molecule has 0 saturated heterocycles. The molecule has 0 saturated carbocycles. The van der Waals surface area contributed by atoms with Gasteiger partial charge in [0.25, 0.3) is 5.91 Å². The predicted octanol–water partition coefficient (Wildman–Crippen LogP) is 4.13. The van der Waals surface area contributed by atoms with Crippen LogP contribution in [-0.2, 0) is 9.53 Å². The molecule has 28 heavy (non-hydrogen) atoms. The second-order valence-electron chi connectivity index (χ2n) is 6.38. The third-order valence-electron chi connectivity index (χ3n) is 4.29. The maximum absolute atomic E-state index is 12.6. The zero-order valence-corrected chi connectivity index (χ0v) is 17.0. The molecule has 0 heterocycles. The van der Waals surface area contributed by atoms with E-state index in [4.69, 9.17) is 26.8 Å². The van der Waals surface area contributed by atoms with E-state index in [0.717, 1.165) is 18.4 Å². The van der Waals surface area contributed by atoms with Crippen LogP contribution < -0.4 is 15.8 Å². The van der Waals surface area contributed by atoms with Gasteiger partial charge in [-0.3, -0.25) is 4.79 Å². The molecular formula is C21H25ClN2O4. The quantitative estimate of drug-likeness (QED) is 0.509. The number of methoxy groups -OCH3 is 1. The Morgan fingerprint density at radius 3 is 2.50 bits per heavy atom. The minimum atomic E-state index is -0.989. The Labute approximate surface area is 170 Å². The molecule has 0 aromatic heterocycles. The van der Waals surface area contributed by atoms with Gasteiger partial charge >= 0.3 is 5.97 Å². The number of anilines is 1. The highest BCUT2D eigenvalue weighted by atomic mass is 35.5. The Morgan fingerprint density at radius 2 is 1.89 bits per heavy atom. The van der Waals surface area contributed by atoms with E-state index in [2.05, 4.69) is 5.32 Å². The van der Waals surface area contributed by atoms with Gasteiger partial charge in [0.1, 0.15) is 11.3 Å². The van der Waals surface area contributed by atoms with Crippen LogP contribution in [0.2, 0.25) is 5.02 Å². The van der Waals surface area contributed by atoms with Crippen LogP contribution in [0.15, 0.2) is 42.5 Å². The smallest absolute Gasteiger partial charge is 0.342 e. The molecule has 1 amide bonds. The number of carbonyl (C=O) groups is 2. The van der Waals surface area contributed by atoms with Gasteiger partial charge in [-0.15, -0.1) is 0 Å². The summed E-state index contributed by atoms with van der Waals surface area (Å²) in [5, 5.41) is 3.15. The van der Waals surface area contributed by atoms with Crippen LogP contribution >= 0.6 is 11.6 Å². The minimum Gasteiger partial charge on any atom is -0.496 e. The van der Waals surface area contributed by atoms with Gasteiger partial charge < -0.3 is 20.5 Å². The van der Waals surface area contributed by atoms with Gasteiger partial charge in [-0.2, -0.15) is 0 Å². The number of nitrogens with two attached hydrogens (primary N) is 1. The van der Waals surface area contributed by atoms with Gasteiger partial charge in [-0.05, 0) is 25.0 Å². The SMILES string of the molecule is CCCC(NC(=O)C(C)OC(=O)c1cc(Cl)c(N)cc1OC)c1ccccc1. The Morgan fingerprint density at radius 1 is 1.21 bits per heavy atom. The summed E-state index contributed by atoms with van der Waals surface area (Å²) in [5.41, 5.74) is 7.12. The molecule has 2 aromatic carbocycles. The first-order valence-corrected chi connectivity index (χ1v) is 9.44. The lowest BCUT2D eigenvalue weighted by atomic mass is 10.0. The molecule has 0 aliphatic heterocycles. The summed E-state index contributed by atoms with van der Waals surface area (Å²) < 4.78 is 10.5. The molecule has 0 aliphatic carbocycles. The number of nitrogen functional groups attached to an aromatic ring is 1. The lowest BCUT2D eigenvalue weighted by Crippen LogP contribution is -2.38. The normalized spacial score (nSPS) is 12.7. The Bertz CT molecular complexity index is 827. The van der Waals surface area contributed by atoms with E-state index < -0.39 is 12.1 Å². The number of halogens is 1. The van der Waals surface area contributed by atoms with Crippen molar-refractivity contribution in [1.29, 1.82) is 0 Å². The molecule has 0 bridgehead atoms. The summed E-state index contributed by atoms with van der Waals surface area (Å²) >= 11 is 5.99. The fourth-order valence-corrected chi connectivity index (χ4v) is 2.92. The van der Waals surface area contributed by atoms with Gasteiger partial charge in [0.15, 0.2) is 6.10 Å². The molecule has 0 radical (unpaired) electrons. The summed E-state index contributed by atoms with van der Waals surface area (Å²) in [5.74, 6) is -0.864. The van der Waals surface area contributed by atoms with Crippen molar-refractivity contribution in [3.63, 3.8) is 0 Å². The number of amides is 1. The topological polar surface area (TPSA) is 90.7 Å². The van der Waals surface area contributed by atoms with E-state index in [0.29, 0.717) is 0 Å². The summed E-state index contributed by atoms with van der Waals surface area (Å²) in [6.07, 6.45) is 0.684. The number of benzene rings is 2.